The molecule has 2 fully saturated rings. The van der Waals surface area contributed by atoms with Crippen molar-refractivity contribution in [3.05, 3.63) is 62.4 Å². The van der Waals surface area contributed by atoms with Crippen LogP contribution in [0.4, 0.5) is 0 Å². The van der Waals surface area contributed by atoms with Crippen molar-refractivity contribution in [2.75, 3.05) is 0 Å². The zero-order valence-electron chi connectivity index (χ0n) is 11.0. The Hall–Kier alpha value is 0.953. The molecule has 17 heavy (non-hydrogen) atoms. The van der Waals surface area contributed by atoms with Crippen molar-refractivity contribution in [3.63, 3.8) is 0 Å². The van der Waals surface area contributed by atoms with E-state index in [9.17, 15) is 0 Å². The molecule has 0 saturated heterocycles. The van der Waals surface area contributed by atoms with Gasteiger partial charge in [0.25, 0.3) is 0 Å². The Labute approximate surface area is 123 Å². The Bertz CT molecular complexity index is 151. The molecule has 0 aromatic heterocycles. The van der Waals surface area contributed by atoms with E-state index in [4.69, 9.17) is 0 Å². The van der Waals surface area contributed by atoms with Crippen LogP contribution in [0.5, 0.6) is 0 Å². The van der Waals surface area contributed by atoms with E-state index in [0.717, 1.165) is 0 Å². The Morgan fingerprint density at radius 2 is 0.824 bits per heavy atom. The molecule has 2 aliphatic rings. The largest absolute Gasteiger partial charge is 0.0708 e. The van der Waals surface area contributed by atoms with Gasteiger partial charge in [-0.3, -0.25) is 0 Å². The average Bonchev–Trinajstić information content (AvgIpc) is 2.93. The molecule has 0 spiro atoms. The van der Waals surface area contributed by atoms with Gasteiger partial charge in [-0.2, -0.15) is 0 Å². The summed E-state index contributed by atoms with van der Waals surface area (Å²) in [5.74, 6) is 0. The molecule has 0 aromatic rings. The first-order valence-electron chi connectivity index (χ1n) is 5.65. The van der Waals surface area contributed by atoms with E-state index in [-0.39, 0.29) is 34.7 Å². The summed E-state index contributed by atoms with van der Waals surface area (Å²) in [5, 5.41) is 0. The van der Waals surface area contributed by atoms with Gasteiger partial charge in [0, 0.05) is 34.7 Å². The normalized spacial score (nSPS) is 21.5. The Balaban J connectivity index is 0.000000284. The summed E-state index contributed by atoms with van der Waals surface area (Å²) in [6, 6.07) is 0. The van der Waals surface area contributed by atoms with Gasteiger partial charge in [0.05, 0.1) is 0 Å². The molecule has 0 unspecified atom stereocenters. The van der Waals surface area contributed by atoms with Gasteiger partial charge in [0.15, 0.2) is 0 Å². The molecule has 0 N–H and O–H groups in total. The van der Waals surface area contributed by atoms with Gasteiger partial charge in [-0.05, 0) is 62.4 Å². The fraction of sp³-hybridized carbons (Fsp3) is 0.286. The van der Waals surface area contributed by atoms with Crippen LogP contribution in [-0.2, 0) is 17.1 Å². The van der Waals surface area contributed by atoms with Crippen molar-refractivity contribution in [3.8, 4) is 0 Å². The summed E-state index contributed by atoms with van der Waals surface area (Å²) < 4.78 is 0. The van der Waals surface area contributed by atoms with E-state index < -0.39 is 0 Å². The minimum absolute atomic E-state index is 0. The topological polar surface area (TPSA) is 0 Å². The van der Waals surface area contributed by atoms with Crippen molar-refractivity contribution < 1.29 is 17.1 Å². The third kappa shape index (κ3) is 7.20. The zero-order valence-corrected chi connectivity index (χ0v) is 14.1. The molecule has 92 valence electrons. The van der Waals surface area contributed by atoms with Crippen LogP contribution < -0.4 is 0 Å². The summed E-state index contributed by atoms with van der Waals surface area (Å²) in [4.78, 5) is 0. The number of hydrogen-bond donors (Lipinski definition) is 0. The van der Waals surface area contributed by atoms with E-state index in [2.05, 4.69) is 77.6 Å². The fourth-order valence-corrected chi connectivity index (χ4v) is 3.13. The SMILES string of the molecule is C[Si](C)[C]1[CH][CH][CH][CH]1.C[Si](C)[C]1[CH][CH][CH][CH]1.[Fe]. The Morgan fingerprint density at radius 3 is 0.941 bits per heavy atom. The molecule has 12 radical (unpaired) electrons. The van der Waals surface area contributed by atoms with Crippen molar-refractivity contribution in [1.29, 1.82) is 0 Å². The number of hydrogen-bond acceptors (Lipinski definition) is 0. The average molecular weight is 300 g/mol. The van der Waals surface area contributed by atoms with Crippen molar-refractivity contribution in [1.82, 2.24) is 0 Å². The molecular weight excluding hydrogens is 280 g/mol. The third-order valence-electron chi connectivity index (χ3n) is 2.48. The molecule has 0 bridgehead atoms. The number of rotatable bonds is 2. The molecular formula is C14H20FeSi2. The van der Waals surface area contributed by atoms with Crippen LogP contribution in [0.15, 0.2) is 0 Å². The van der Waals surface area contributed by atoms with Crippen LogP contribution in [0.3, 0.4) is 0 Å². The Kier molecular flexibility index (Phi) is 10.4. The van der Waals surface area contributed by atoms with E-state index in [1.54, 1.807) is 0 Å². The standard InChI is InChI=1S/2C7H10Si.Fe/c2*1-8(2)7-5-3-4-6-7;/h2*3-6H,1-2H3;. The smallest absolute Gasteiger partial charge is 0.0492 e. The molecule has 0 heterocycles. The summed E-state index contributed by atoms with van der Waals surface area (Å²) in [6.45, 7) is 9.22. The quantitative estimate of drug-likeness (QED) is 0.686. The summed E-state index contributed by atoms with van der Waals surface area (Å²) in [5.41, 5.74) is 3.07. The second-order valence-corrected chi connectivity index (χ2v) is 9.50. The molecule has 2 saturated carbocycles. The molecule has 0 nitrogen and oxygen atoms in total. The van der Waals surface area contributed by atoms with Crippen LogP contribution >= 0.6 is 0 Å². The van der Waals surface area contributed by atoms with Crippen molar-refractivity contribution >= 4 is 17.6 Å². The fourth-order valence-electron chi connectivity index (χ4n) is 1.41. The first-order chi connectivity index (χ1) is 7.61. The van der Waals surface area contributed by atoms with Gasteiger partial charge >= 0.3 is 0 Å². The predicted octanol–water partition coefficient (Wildman–Crippen LogP) is 3.37. The first kappa shape index (κ1) is 18.0. The van der Waals surface area contributed by atoms with E-state index in [1.807, 2.05) is 0 Å². The molecule has 0 aliphatic heterocycles. The van der Waals surface area contributed by atoms with Crippen LogP contribution in [0, 0.1) is 62.4 Å². The predicted molar refractivity (Wildman–Crippen MR) is 75.9 cm³/mol. The maximum Gasteiger partial charge on any atom is 0.0492 e. The van der Waals surface area contributed by atoms with Gasteiger partial charge < -0.3 is 0 Å². The van der Waals surface area contributed by atoms with Gasteiger partial charge in [-0.1, -0.05) is 26.2 Å². The molecule has 2 aliphatic carbocycles. The van der Waals surface area contributed by atoms with Crippen LogP contribution in [0.1, 0.15) is 0 Å². The maximum absolute atomic E-state index is 2.31. The maximum atomic E-state index is 2.31. The van der Waals surface area contributed by atoms with Crippen LogP contribution in [-0.4, -0.2) is 17.6 Å². The zero-order chi connectivity index (χ0) is 12.0. The van der Waals surface area contributed by atoms with Gasteiger partial charge in [0.2, 0.25) is 0 Å². The van der Waals surface area contributed by atoms with E-state index in [0.29, 0.717) is 0 Å². The summed E-state index contributed by atoms with van der Waals surface area (Å²) >= 11 is 0. The summed E-state index contributed by atoms with van der Waals surface area (Å²) in [7, 11) is -0.338. The van der Waals surface area contributed by atoms with Gasteiger partial charge in [0.1, 0.15) is 0 Å². The third-order valence-corrected chi connectivity index (χ3v) is 5.46. The van der Waals surface area contributed by atoms with E-state index in [1.165, 1.54) is 11.1 Å². The van der Waals surface area contributed by atoms with Gasteiger partial charge in [-0.25, -0.2) is 0 Å². The Morgan fingerprint density at radius 1 is 0.588 bits per heavy atom. The molecule has 3 heteroatoms. The van der Waals surface area contributed by atoms with Crippen molar-refractivity contribution in [2.24, 2.45) is 0 Å². The van der Waals surface area contributed by atoms with Gasteiger partial charge in [-0.15, -0.1) is 0 Å². The van der Waals surface area contributed by atoms with Crippen molar-refractivity contribution in [2.45, 2.75) is 26.2 Å². The second-order valence-electron chi connectivity index (χ2n) is 4.35. The minimum Gasteiger partial charge on any atom is -0.0708 e. The molecule has 0 atom stereocenters. The molecule has 2 rings (SSSR count). The second kappa shape index (κ2) is 9.83. The van der Waals surface area contributed by atoms with E-state index >= 15 is 0 Å². The first-order valence-corrected chi connectivity index (χ1v) is 10.7. The minimum atomic E-state index is -0.169. The monoisotopic (exact) mass is 300 g/mol. The van der Waals surface area contributed by atoms with Crippen LogP contribution in [0.25, 0.3) is 0 Å². The van der Waals surface area contributed by atoms with Crippen LogP contribution in [0.2, 0.25) is 26.2 Å². The summed E-state index contributed by atoms with van der Waals surface area (Å²) in [6.07, 6.45) is 17.2. The molecule has 0 amide bonds. The molecule has 0 aromatic carbocycles.